The number of hydrogen-bond acceptors (Lipinski definition) is 3. The third-order valence-corrected chi connectivity index (χ3v) is 1.24. The summed E-state index contributed by atoms with van der Waals surface area (Å²) in [5.41, 5.74) is -0.604. The molecule has 0 aliphatic rings. The van der Waals surface area contributed by atoms with E-state index < -0.39 is 36.8 Å². The highest BCUT2D eigenvalue weighted by molar-refractivity contribution is 9.10. The molecule has 0 fully saturated rings. The van der Waals surface area contributed by atoms with Gasteiger partial charge in [-0.15, -0.1) is 0 Å². The van der Waals surface area contributed by atoms with Gasteiger partial charge in [-0.3, -0.25) is 0 Å². The normalized spacial score (nSPS) is 18.3. The minimum absolute atomic E-state index is 0.129. The molecular weight excluding hydrogens is 210 g/mol. The van der Waals surface area contributed by atoms with Gasteiger partial charge < -0.3 is 4.74 Å². The zero-order valence-corrected chi connectivity index (χ0v) is 6.73. The van der Waals surface area contributed by atoms with Crippen molar-refractivity contribution in [3.63, 3.8) is 0 Å². The summed E-state index contributed by atoms with van der Waals surface area (Å²) in [6.07, 6.45) is -0.551. The van der Waals surface area contributed by atoms with E-state index in [1.807, 2.05) is 0 Å². The van der Waals surface area contributed by atoms with Gasteiger partial charge in [0.05, 0.1) is 20.8 Å². The Morgan fingerprint density at radius 1 is 2.00 bits per heavy atom. The average molecular weight is 222 g/mol. The van der Waals surface area contributed by atoms with Crippen LogP contribution in [0.25, 0.3) is 0 Å². The molecule has 3 nitrogen and oxygen atoms in total. The lowest BCUT2D eigenvalue weighted by molar-refractivity contribution is 0.0600. The molecule has 1 heterocycles. The highest BCUT2D eigenvalue weighted by atomic mass is 79.9. The van der Waals surface area contributed by atoms with Crippen molar-refractivity contribution in [1.29, 1.82) is 0 Å². The zero-order valence-electron chi connectivity index (χ0n) is 11.1. The van der Waals surface area contributed by atoms with E-state index in [4.69, 9.17) is 8.22 Å². The second kappa shape index (κ2) is 3.48. The van der Waals surface area contributed by atoms with E-state index in [0.717, 1.165) is 0 Å². The van der Waals surface area contributed by atoms with E-state index in [1.54, 1.807) is 0 Å². The van der Waals surface area contributed by atoms with Gasteiger partial charge in [-0.25, -0.2) is 9.78 Å². The lowest BCUT2D eigenvalue weighted by atomic mass is 10.3. The molecule has 0 saturated carbocycles. The predicted molar refractivity (Wildman–Crippen MR) is 43.3 cm³/mol. The van der Waals surface area contributed by atoms with Crippen molar-refractivity contribution in [2.45, 2.75) is 0 Å². The van der Waals surface area contributed by atoms with E-state index in [0.29, 0.717) is 0 Å². The third-order valence-electron chi connectivity index (χ3n) is 0.860. The first-order valence-corrected chi connectivity index (χ1v) is 3.29. The lowest BCUT2D eigenvalue weighted by Gasteiger charge is -1.97. The first kappa shape index (κ1) is 3.23. The van der Waals surface area contributed by atoms with Crippen LogP contribution in [0.4, 0.5) is 0 Å². The predicted octanol–water partition coefficient (Wildman–Crippen LogP) is 1.63. The van der Waals surface area contributed by atoms with Crippen LogP contribution in [0.1, 0.15) is 18.6 Å². The third kappa shape index (κ3) is 2.01. The number of carbonyl (C=O) groups is 1. The summed E-state index contributed by atoms with van der Waals surface area (Å²) in [6.45, 7) is 0. The number of carbonyl (C=O) groups excluding carboxylic acids is 1. The minimum atomic E-state index is -2.96. The Hall–Kier alpha value is -0.900. The molecule has 0 aliphatic carbocycles. The molecule has 0 spiro atoms. The Balaban J connectivity index is 3.27. The van der Waals surface area contributed by atoms with Crippen molar-refractivity contribution in [3.8, 4) is 0 Å². The number of aromatic nitrogens is 1. The van der Waals surface area contributed by atoms with Crippen molar-refractivity contribution in [2.24, 2.45) is 0 Å². The number of ether oxygens (including phenoxy) is 1. The monoisotopic (exact) mass is 221 g/mol. The number of pyridine rings is 1. The van der Waals surface area contributed by atoms with Crippen molar-refractivity contribution in [3.05, 3.63) is 28.4 Å². The van der Waals surface area contributed by atoms with E-state index in [9.17, 15) is 4.79 Å². The topological polar surface area (TPSA) is 39.2 Å². The largest absolute Gasteiger partial charge is 0.465 e. The highest BCUT2D eigenvalue weighted by Crippen LogP contribution is 2.08. The lowest BCUT2D eigenvalue weighted by Crippen LogP contribution is -2.00. The van der Waals surface area contributed by atoms with Crippen LogP contribution < -0.4 is 0 Å². The first-order chi connectivity index (χ1) is 7.63. The fourth-order valence-electron chi connectivity index (χ4n) is 0.448. The van der Waals surface area contributed by atoms with Crippen LogP contribution in [-0.2, 0) is 4.74 Å². The number of nitrogens with zero attached hydrogens (tertiary/aromatic N) is 1. The quantitative estimate of drug-likeness (QED) is 0.535. The van der Waals surface area contributed by atoms with Gasteiger partial charge in [0.1, 0.15) is 4.60 Å². The zero-order chi connectivity index (χ0) is 13.4. The molecule has 58 valence electrons. The first-order valence-electron chi connectivity index (χ1n) is 5.50. The number of hydrogen-bond donors (Lipinski definition) is 0. The Labute approximate surface area is 81.0 Å². The molecule has 0 aliphatic heterocycles. The molecule has 0 unspecified atom stereocenters. The molecule has 1 rings (SSSR count). The van der Waals surface area contributed by atoms with Crippen LogP contribution in [0, 0.1) is 0 Å². The second-order valence-electron chi connectivity index (χ2n) is 1.53. The van der Waals surface area contributed by atoms with Gasteiger partial charge in [0, 0.05) is 6.17 Å². The minimum Gasteiger partial charge on any atom is -0.465 e. The van der Waals surface area contributed by atoms with Crippen LogP contribution >= 0.6 is 15.9 Å². The maximum atomic E-state index is 11.5. The summed E-state index contributed by atoms with van der Waals surface area (Å²) in [5.74, 6) is -1.35. The summed E-state index contributed by atoms with van der Waals surface area (Å²) in [4.78, 5) is 14.9. The Morgan fingerprint density at radius 2 is 2.82 bits per heavy atom. The molecule has 0 N–H and O–H groups in total. The molecule has 1 aromatic heterocycles. The van der Waals surface area contributed by atoms with Gasteiger partial charge in [0.25, 0.3) is 0 Å². The number of rotatable bonds is 1. The summed E-state index contributed by atoms with van der Waals surface area (Å²) >= 11 is 2.83. The summed E-state index contributed by atoms with van der Waals surface area (Å²) < 4.78 is 46.3. The van der Waals surface area contributed by atoms with Gasteiger partial charge >= 0.3 is 5.97 Å². The molecule has 4 heteroatoms. The summed E-state index contributed by atoms with van der Waals surface area (Å²) in [5, 5.41) is 0. The van der Waals surface area contributed by atoms with Gasteiger partial charge in [-0.2, -0.15) is 0 Å². The Bertz CT molecular complexity index is 448. The molecule has 0 saturated heterocycles. The number of methoxy groups -OCH3 is 1. The number of halogens is 1. The maximum absolute atomic E-state index is 11.5. The Morgan fingerprint density at radius 3 is 3.55 bits per heavy atom. The highest BCUT2D eigenvalue weighted by Gasteiger charge is 2.03. The average Bonchev–Trinajstić information content (AvgIpc) is 2.12. The van der Waals surface area contributed by atoms with Crippen LogP contribution in [0.3, 0.4) is 0 Å². The molecule has 0 atom stereocenters. The van der Waals surface area contributed by atoms with Gasteiger partial charge in [0.15, 0.2) is 0 Å². The molecular formula is C7H6BrNO2. The maximum Gasteiger partial charge on any atom is 0.337 e. The Kier molecular flexibility index (Phi) is 1.02. The van der Waals surface area contributed by atoms with Crippen LogP contribution in [-0.4, -0.2) is 18.0 Å². The second-order valence-corrected chi connectivity index (χ2v) is 2.28. The van der Waals surface area contributed by atoms with Crippen LogP contribution in [0.15, 0.2) is 22.9 Å². The molecule has 11 heavy (non-hydrogen) atoms. The van der Waals surface area contributed by atoms with E-state index >= 15 is 0 Å². The van der Waals surface area contributed by atoms with E-state index in [-0.39, 0.29) is 4.60 Å². The smallest absolute Gasteiger partial charge is 0.337 e. The fraction of sp³-hybridized carbons (Fsp3) is 0.143. The molecule has 0 aromatic carbocycles. The molecule has 0 bridgehead atoms. The van der Waals surface area contributed by atoms with Crippen molar-refractivity contribution in [1.82, 2.24) is 4.98 Å². The van der Waals surface area contributed by atoms with E-state index in [2.05, 4.69) is 25.7 Å². The van der Waals surface area contributed by atoms with Crippen molar-refractivity contribution >= 4 is 21.9 Å². The molecule has 1 aromatic rings. The van der Waals surface area contributed by atoms with Gasteiger partial charge in [0.2, 0.25) is 0 Å². The standard InChI is InChI=1S/C7H6BrNO2/c1-11-7(10)5-2-3-9-6(8)4-5/h2-4H,1H3/i1D3,2D,3D,4D. The fourth-order valence-corrected chi connectivity index (χ4v) is 0.735. The van der Waals surface area contributed by atoms with Crippen molar-refractivity contribution in [2.75, 3.05) is 7.04 Å². The summed E-state index contributed by atoms with van der Waals surface area (Å²) in [6, 6.07) is -1.13. The van der Waals surface area contributed by atoms with Crippen LogP contribution in [0.2, 0.25) is 0 Å². The summed E-state index contributed by atoms with van der Waals surface area (Å²) in [7, 11) is -2.96. The van der Waals surface area contributed by atoms with Crippen molar-refractivity contribution < 1.29 is 17.8 Å². The van der Waals surface area contributed by atoms with E-state index in [1.165, 1.54) is 0 Å². The molecule has 0 radical (unpaired) electrons. The van der Waals surface area contributed by atoms with Crippen LogP contribution in [0.5, 0.6) is 0 Å². The number of esters is 1. The van der Waals surface area contributed by atoms with Gasteiger partial charge in [-0.1, -0.05) is 0 Å². The molecule has 0 amide bonds. The SMILES string of the molecule is [2H]c1nc(Br)c([2H])c(C(=O)OC([2H])([2H])[2H])c1[2H]. The van der Waals surface area contributed by atoms with Gasteiger partial charge in [-0.05, 0) is 28.0 Å².